The van der Waals surface area contributed by atoms with E-state index in [2.05, 4.69) is 5.32 Å². The lowest BCUT2D eigenvalue weighted by Crippen LogP contribution is -2.47. The van der Waals surface area contributed by atoms with Gasteiger partial charge in [-0.3, -0.25) is 9.10 Å². The summed E-state index contributed by atoms with van der Waals surface area (Å²) >= 11 is 6.04. The number of hydrogen-bond donors (Lipinski definition) is 1. The normalized spacial score (nSPS) is 12.5. The molecule has 2 rings (SSSR count). The van der Waals surface area contributed by atoms with Crippen LogP contribution in [0.4, 0.5) is 10.1 Å². The first kappa shape index (κ1) is 19.2. The standard InChI is InChI=1S/C17H18ClFN2O3S/c1-12(17(22)20-11-13-5-3-4-6-16(13)18)21(25(2,23)24)15-9-7-14(19)8-10-15/h3-10,12H,11H2,1-2H3,(H,20,22). The summed E-state index contributed by atoms with van der Waals surface area (Å²) in [6.07, 6.45) is 0.994. The highest BCUT2D eigenvalue weighted by molar-refractivity contribution is 7.92. The predicted molar refractivity (Wildman–Crippen MR) is 96.5 cm³/mol. The van der Waals surface area contributed by atoms with Crippen LogP contribution in [0.15, 0.2) is 48.5 Å². The van der Waals surface area contributed by atoms with Crippen molar-refractivity contribution >= 4 is 33.2 Å². The summed E-state index contributed by atoms with van der Waals surface area (Å²) in [6, 6.07) is 10.9. The number of carbonyl (C=O) groups is 1. The second-order valence-corrected chi connectivity index (χ2v) is 7.79. The number of benzene rings is 2. The fraction of sp³-hybridized carbons (Fsp3) is 0.235. The second-order valence-electron chi connectivity index (χ2n) is 5.52. The van der Waals surface area contributed by atoms with Crippen LogP contribution in [-0.4, -0.2) is 26.6 Å². The minimum atomic E-state index is -3.74. The Balaban J connectivity index is 2.18. The van der Waals surface area contributed by atoms with E-state index >= 15 is 0 Å². The third-order valence-electron chi connectivity index (χ3n) is 3.58. The van der Waals surface area contributed by atoms with Gasteiger partial charge in [0.25, 0.3) is 0 Å². The Bertz CT molecular complexity index is 856. The molecule has 5 nitrogen and oxygen atoms in total. The average molecular weight is 385 g/mol. The summed E-state index contributed by atoms with van der Waals surface area (Å²) in [6.45, 7) is 1.64. The van der Waals surface area contributed by atoms with Crippen molar-refractivity contribution in [2.24, 2.45) is 0 Å². The van der Waals surface area contributed by atoms with Crippen molar-refractivity contribution in [1.29, 1.82) is 0 Å². The lowest BCUT2D eigenvalue weighted by atomic mass is 10.2. The number of anilines is 1. The zero-order valence-corrected chi connectivity index (χ0v) is 15.3. The topological polar surface area (TPSA) is 66.5 Å². The van der Waals surface area contributed by atoms with E-state index < -0.39 is 27.8 Å². The highest BCUT2D eigenvalue weighted by Crippen LogP contribution is 2.21. The van der Waals surface area contributed by atoms with E-state index in [4.69, 9.17) is 11.6 Å². The number of carbonyl (C=O) groups excluding carboxylic acids is 1. The maximum Gasteiger partial charge on any atom is 0.243 e. The Morgan fingerprint density at radius 1 is 1.20 bits per heavy atom. The number of nitrogens with zero attached hydrogens (tertiary/aromatic N) is 1. The monoisotopic (exact) mass is 384 g/mol. The van der Waals surface area contributed by atoms with Gasteiger partial charge in [-0.25, -0.2) is 12.8 Å². The van der Waals surface area contributed by atoms with Crippen LogP contribution >= 0.6 is 11.6 Å². The maximum absolute atomic E-state index is 13.1. The van der Waals surface area contributed by atoms with Gasteiger partial charge in [0.05, 0.1) is 11.9 Å². The van der Waals surface area contributed by atoms with E-state index in [1.54, 1.807) is 24.3 Å². The highest BCUT2D eigenvalue weighted by Gasteiger charge is 2.29. The number of halogens is 2. The van der Waals surface area contributed by atoms with Gasteiger partial charge in [0.15, 0.2) is 0 Å². The molecule has 0 radical (unpaired) electrons. The zero-order chi connectivity index (χ0) is 18.6. The number of amides is 1. The summed E-state index contributed by atoms with van der Waals surface area (Å²) < 4.78 is 38.3. The zero-order valence-electron chi connectivity index (χ0n) is 13.7. The molecule has 0 aromatic heterocycles. The summed E-state index contributed by atoms with van der Waals surface area (Å²) in [4.78, 5) is 12.4. The Hall–Kier alpha value is -2.12. The van der Waals surface area contributed by atoms with E-state index in [0.717, 1.165) is 28.3 Å². The van der Waals surface area contributed by atoms with Crippen LogP contribution in [0.25, 0.3) is 0 Å². The van der Waals surface area contributed by atoms with Crippen LogP contribution in [0, 0.1) is 5.82 Å². The third-order valence-corrected chi connectivity index (χ3v) is 5.19. The largest absolute Gasteiger partial charge is 0.350 e. The molecule has 0 fully saturated rings. The molecule has 0 aliphatic rings. The van der Waals surface area contributed by atoms with Crippen molar-refractivity contribution in [2.45, 2.75) is 19.5 Å². The summed E-state index contributed by atoms with van der Waals surface area (Å²) in [7, 11) is -3.74. The van der Waals surface area contributed by atoms with Gasteiger partial charge >= 0.3 is 0 Å². The van der Waals surface area contributed by atoms with Crippen molar-refractivity contribution in [2.75, 3.05) is 10.6 Å². The van der Waals surface area contributed by atoms with Crippen molar-refractivity contribution in [3.63, 3.8) is 0 Å². The molecule has 1 amide bonds. The molecule has 0 bridgehead atoms. The first-order valence-corrected chi connectivity index (χ1v) is 9.69. The molecule has 8 heteroatoms. The van der Waals surface area contributed by atoms with Crippen LogP contribution in [0.1, 0.15) is 12.5 Å². The van der Waals surface area contributed by atoms with E-state index in [0.29, 0.717) is 5.02 Å². The van der Waals surface area contributed by atoms with E-state index in [-0.39, 0.29) is 12.2 Å². The molecule has 0 spiro atoms. The summed E-state index contributed by atoms with van der Waals surface area (Å²) in [5.41, 5.74) is 0.932. The number of nitrogens with one attached hydrogen (secondary N) is 1. The van der Waals surface area contributed by atoms with Gasteiger partial charge in [-0.1, -0.05) is 29.8 Å². The van der Waals surface area contributed by atoms with Crippen molar-refractivity contribution in [3.8, 4) is 0 Å². The molecule has 0 aliphatic carbocycles. The molecule has 2 aromatic carbocycles. The Kier molecular flexibility index (Phi) is 6.02. The van der Waals surface area contributed by atoms with Crippen LogP contribution in [0.2, 0.25) is 5.02 Å². The molecule has 0 saturated carbocycles. The third kappa shape index (κ3) is 4.93. The highest BCUT2D eigenvalue weighted by atomic mass is 35.5. The molecular weight excluding hydrogens is 367 g/mol. The smallest absolute Gasteiger partial charge is 0.243 e. The van der Waals surface area contributed by atoms with E-state index in [9.17, 15) is 17.6 Å². The van der Waals surface area contributed by atoms with Gasteiger partial charge in [0.1, 0.15) is 11.9 Å². The van der Waals surface area contributed by atoms with E-state index in [1.165, 1.54) is 19.1 Å². The number of hydrogen-bond acceptors (Lipinski definition) is 3. The second kappa shape index (κ2) is 7.84. The fourth-order valence-corrected chi connectivity index (χ4v) is 3.75. The molecule has 25 heavy (non-hydrogen) atoms. The van der Waals surface area contributed by atoms with Crippen LogP contribution in [0.5, 0.6) is 0 Å². The Morgan fingerprint density at radius 3 is 2.36 bits per heavy atom. The van der Waals surface area contributed by atoms with Crippen LogP contribution in [-0.2, 0) is 21.4 Å². The van der Waals surface area contributed by atoms with Crippen molar-refractivity contribution in [3.05, 3.63) is 64.9 Å². The minimum absolute atomic E-state index is 0.171. The van der Waals surface area contributed by atoms with Crippen LogP contribution < -0.4 is 9.62 Å². The van der Waals surface area contributed by atoms with Gasteiger partial charge in [-0.15, -0.1) is 0 Å². The first-order valence-electron chi connectivity index (χ1n) is 7.46. The van der Waals surface area contributed by atoms with Gasteiger partial charge in [0, 0.05) is 11.6 Å². The lowest BCUT2D eigenvalue weighted by molar-refractivity contribution is -0.122. The average Bonchev–Trinajstić information content (AvgIpc) is 2.54. The summed E-state index contributed by atoms with van der Waals surface area (Å²) in [5.74, 6) is -0.984. The molecule has 1 atom stereocenters. The molecule has 1 N–H and O–H groups in total. The molecule has 134 valence electrons. The molecular formula is C17H18ClFN2O3S. The molecule has 0 aliphatic heterocycles. The van der Waals surface area contributed by atoms with E-state index in [1.807, 2.05) is 0 Å². The van der Waals surface area contributed by atoms with Gasteiger partial charge < -0.3 is 5.32 Å². The fourth-order valence-electron chi connectivity index (χ4n) is 2.37. The first-order chi connectivity index (χ1) is 11.7. The quantitative estimate of drug-likeness (QED) is 0.832. The predicted octanol–water partition coefficient (Wildman–Crippen LogP) is 2.95. The SMILES string of the molecule is CC(C(=O)NCc1ccccc1Cl)N(c1ccc(F)cc1)S(C)(=O)=O. The molecule has 0 heterocycles. The molecule has 0 saturated heterocycles. The minimum Gasteiger partial charge on any atom is -0.350 e. The van der Waals surface area contributed by atoms with Crippen LogP contribution in [0.3, 0.4) is 0 Å². The van der Waals surface area contributed by atoms with Gasteiger partial charge in [0.2, 0.25) is 15.9 Å². The maximum atomic E-state index is 13.1. The van der Waals surface area contributed by atoms with Crippen molar-refractivity contribution < 1.29 is 17.6 Å². The summed E-state index contributed by atoms with van der Waals surface area (Å²) in [5, 5.41) is 3.18. The number of rotatable bonds is 6. The van der Waals surface area contributed by atoms with Gasteiger partial charge in [-0.2, -0.15) is 0 Å². The number of sulfonamides is 1. The lowest BCUT2D eigenvalue weighted by Gasteiger charge is -2.28. The molecule has 2 aromatic rings. The Morgan fingerprint density at radius 2 is 1.80 bits per heavy atom. The molecule has 1 unspecified atom stereocenters. The Labute approximate surface area is 151 Å². The van der Waals surface area contributed by atoms with Crippen molar-refractivity contribution in [1.82, 2.24) is 5.32 Å². The van der Waals surface area contributed by atoms with Gasteiger partial charge in [-0.05, 0) is 42.8 Å².